The fraction of sp³-hybridized carbons (Fsp3) is 0.960. The average molecular weight is 779 g/mol. The Hall–Kier alpha value is -1.10. The molecule has 328 valence electrons. The molecule has 1 N–H and O–H groups in total. The Labute approximate surface area is 344 Å². The molecule has 5 nitrogen and oxygen atoms in total. The molecule has 55 heavy (non-hydrogen) atoms. The lowest BCUT2D eigenvalue weighted by Gasteiger charge is -2.15. The summed E-state index contributed by atoms with van der Waals surface area (Å²) in [5.74, 6) is -0.567. The normalized spacial score (nSPS) is 12.0. The Morgan fingerprint density at radius 1 is 0.345 bits per heavy atom. The van der Waals surface area contributed by atoms with E-state index >= 15 is 0 Å². The van der Waals surface area contributed by atoms with Gasteiger partial charge in [-0.2, -0.15) is 0 Å². The van der Waals surface area contributed by atoms with E-state index in [4.69, 9.17) is 9.47 Å². The second kappa shape index (κ2) is 47.3. The molecular weight excluding hydrogens is 681 g/mol. The van der Waals surface area contributed by atoms with E-state index in [9.17, 15) is 14.7 Å². The van der Waals surface area contributed by atoms with Gasteiger partial charge in [-0.05, 0) is 12.8 Å². The summed E-state index contributed by atoms with van der Waals surface area (Å²) in [4.78, 5) is 24.4. The molecule has 0 aromatic carbocycles. The molecule has 0 aromatic rings. The third-order valence-electron chi connectivity index (χ3n) is 11.7. The summed E-state index contributed by atoms with van der Waals surface area (Å²) in [6.07, 6.45) is 54.8. The van der Waals surface area contributed by atoms with Gasteiger partial charge in [0, 0.05) is 12.8 Å². The largest absolute Gasteiger partial charge is 0.462 e. The molecule has 0 heterocycles. The van der Waals surface area contributed by atoms with Gasteiger partial charge in [0.25, 0.3) is 0 Å². The van der Waals surface area contributed by atoms with Gasteiger partial charge >= 0.3 is 11.9 Å². The van der Waals surface area contributed by atoms with E-state index in [1.807, 2.05) is 0 Å². The van der Waals surface area contributed by atoms with Gasteiger partial charge in [-0.1, -0.05) is 264 Å². The number of aliphatic hydroxyl groups excluding tert-OH is 1. The van der Waals surface area contributed by atoms with E-state index in [-0.39, 0.29) is 25.2 Å². The smallest absolute Gasteiger partial charge is 0.306 e. The van der Waals surface area contributed by atoms with Gasteiger partial charge in [0.1, 0.15) is 6.61 Å². The molecule has 0 fully saturated rings. The quantitative estimate of drug-likeness (QED) is 0.0492. The number of hydrogen-bond acceptors (Lipinski definition) is 5. The number of ether oxygens (including phenoxy) is 2. The van der Waals surface area contributed by atoms with Gasteiger partial charge in [-0.25, -0.2) is 0 Å². The van der Waals surface area contributed by atoms with Crippen molar-refractivity contribution in [3.63, 3.8) is 0 Å². The van der Waals surface area contributed by atoms with Crippen LogP contribution in [0.15, 0.2) is 0 Å². The Balaban J connectivity index is 3.42. The van der Waals surface area contributed by atoms with Crippen molar-refractivity contribution in [2.45, 2.75) is 296 Å². The number of unbranched alkanes of at least 4 members (excludes halogenated alkanes) is 39. The van der Waals surface area contributed by atoms with Crippen LogP contribution in [0.2, 0.25) is 0 Å². The van der Waals surface area contributed by atoms with Crippen LogP contribution in [-0.4, -0.2) is 36.4 Å². The van der Waals surface area contributed by atoms with E-state index < -0.39 is 6.10 Å². The predicted molar refractivity (Wildman–Crippen MR) is 238 cm³/mol. The van der Waals surface area contributed by atoms with Gasteiger partial charge in [-0.15, -0.1) is 0 Å². The topological polar surface area (TPSA) is 72.8 Å². The molecule has 0 saturated carbocycles. The van der Waals surface area contributed by atoms with Crippen molar-refractivity contribution in [1.82, 2.24) is 0 Å². The number of esters is 2. The first-order chi connectivity index (χ1) is 27.1. The third kappa shape index (κ3) is 45.5. The molecule has 0 aliphatic carbocycles. The highest BCUT2D eigenvalue weighted by molar-refractivity contribution is 5.70. The first-order valence-corrected chi connectivity index (χ1v) is 25.1. The highest BCUT2D eigenvalue weighted by atomic mass is 16.6. The Bertz CT molecular complexity index is 754. The number of carbonyl (C=O) groups is 2. The van der Waals surface area contributed by atoms with Crippen LogP contribution >= 0.6 is 0 Å². The summed E-state index contributed by atoms with van der Waals surface area (Å²) >= 11 is 0. The first-order valence-electron chi connectivity index (χ1n) is 25.1. The molecule has 1 atom stereocenters. The van der Waals surface area contributed by atoms with E-state index in [0.29, 0.717) is 12.8 Å². The number of rotatable bonds is 47. The van der Waals surface area contributed by atoms with Crippen molar-refractivity contribution in [1.29, 1.82) is 0 Å². The molecule has 0 aromatic heterocycles. The minimum absolute atomic E-state index is 0.0560. The second-order valence-electron chi connectivity index (χ2n) is 17.3. The van der Waals surface area contributed by atoms with Crippen molar-refractivity contribution in [2.75, 3.05) is 13.2 Å². The second-order valence-corrected chi connectivity index (χ2v) is 17.3. The molecule has 0 spiro atoms. The first kappa shape index (κ1) is 53.9. The lowest BCUT2D eigenvalue weighted by Crippen LogP contribution is -2.28. The maximum atomic E-state index is 12.2. The molecule has 0 rings (SSSR count). The highest BCUT2D eigenvalue weighted by Crippen LogP contribution is 2.17. The summed E-state index contributed by atoms with van der Waals surface area (Å²) in [5, 5.41) is 9.61. The molecule has 0 saturated heterocycles. The zero-order chi connectivity index (χ0) is 40.0. The molecule has 0 radical (unpaired) electrons. The number of carbonyl (C=O) groups excluding carboxylic acids is 2. The predicted octanol–water partition coefficient (Wildman–Crippen LogP) is 16.2. The van der Waals surface area contributed by atoms with Crippen molar-refractivity contribution in [3.05, 3.63) is 0 Å². The zero-order valence-electron chi connectivity index (χ0n) is 37.5. The van der Waals surface area contributed by atoms with Crippen LogP contribution in [-0.2, 0) is 19.1 Å². The minimum Gasteiger partial charge on any atom is -0.462 e. The maximum absolute atomic E-state index is 12.2. The van der Waals surface area contributed by atoms with Crippen LogP contribution in [0.4, 0.5) is 0 Å². The van der Waals surface area contributed by atoms with Gasteiger partial charge in [-0.3, -0.25) is 9.59 Å². The zero-order valence-corrected chi connectivity index (χ0v) is 37.5. The fourth-order valence-corrected chi connectivity index (χ4v) is 7.85. The number of aliphatic hydroxyl groups is 1. The van der Waals surface area contributed by atoms with Crippen LogP contribution in [0.5, 0.6) is 0 Å². The molecule has 5 heteroatoms. The van der Waals surface area contributed by atoms with E-state index in [2.05, 4.69) is 13.8 Å². The fourth-order valence-electron chi connectivity index (χ4n) is 7.85. The van der Waals surface area contributed by atoms with Crippen molar-refractivity contribution >= 4 is 11.9 Å². The van der Waals surface area contributed by atoms with E-state index in [0.717, 1.165) is 32.1 Å². The standard InChI is InChI=1S/C50H98O5/c1-3-5-7-9-11-13-15-17-19-21-23-24-25-27-28-30-32-34-36-38-40-42-44-49(52)54-47-48(46-51)55-50(53)45-43-41-39-37-35-33-31-29-26-22-20-18-16-14-12-10-8-6-4-2/h48,51H,3-47H2,1-2H3/t48-/m0/s1. The summed E-state index contributed by atoms with van der Waals surface area (Å²) in [6, 6.07) is 0. The van der Waals surface area contributed by atoms with Gasteiger partial charge in [0.2, 0.25) is 0 Å². The van der Waals surface area contributed by atoms with Crippen LogP contribution in [0.1, 0.15) is 290 Å². The lowest BCUT2D eigenvalue weighted by atomic mass is 10.0. The summed E-state index contributed by atoms with van der Waals surface area (Å²) < 4.78 is 10.7. The summed E-state index contributed by atoms with van der Waals surface area (Å²) in [5.41, 5.74) is 0. The van der Waals surface area contributed by atoms with E-state index in [1.54, 1.807) is 0 Å². The van der Waals surface area contributed by atoms with Crippen LogP contribution in [0.25, 0.3) is 0 Å². The van der Waals surface area contributed by atoms with Crippen LogP contribution < -0.4 is 0 Å². The van der Waals surface area contributed by atoms with Gasteiger partial charge in [0.15, 0.2) is 6.10 Å². The summed E-state index contributed by atoms with van der Waals surface area (Å²) in [7, 11) is 0. The molecule has 0 amide bonds. The van der Waals surface area contributed by atoms with Crippen LogP contribution in [0, 0.1) is 0 Å². The summed E-state index contributed by atoms with van der Waals surface area (Å²) in [6.45, 7) is 4.20. The van der Waals surface area contributed by atoms with Crippen molar-refractivity contribution in [2.24, 2.45) is 0 Å². The maximum Gasteiger partial charge on any atom is 0.306 e. The Morgan fingerprint density at radius 3 is 0.800 bits per heavy atom. The SMILES string of the molecule is CCCCCCCCCCCCCCCCCCCCCCCCC(=O)OC[C@H](CO)OC(=O)CCCCCCCCCCCCCCCCCCCCC. The molecule has 0 aliphatic heterocycles. The Kier molecular flexibility index (Phi) is 46.3. The Morgan fingerprint density at radius 2 is 0.564 bits per heavy atom. The highest BCUT2D eigenvalue weighted by Gasteiger charge is 2.16. The van der Waals surface area contributed by atoms with Crippen LogP contribution in [0.3, 0.4) is 0 Å². The minimum atomic E-state index is -0.763. The average Bonchev–Trinajstić information content (AvgIpc) is 3.19. The van der Waals surface area contributed by atoms with Crippen molar-refractivity contribution < 1.29 is 24.2 Å². The van der Waals surface area contributed by atoms with Gasteiger partial charge < -0.3 is 14.6 Å². The molecule has 0 bridgehead atoms. The lowest BCUT2D eigenvalue weighted by molar-refractivity contribution is -0.161. The third-order valence-corrected chi connectivity index (χ3v) is 11.7. The number of hydrogen-bond donors (Lipinski definition) is 1. The molecular formula is C50H98O5. The molecule has 0 aliphatic rings. The van der Waals surface area contributed by atoms with Crippen molar-refractivity contribution in [3.8, 4) is 0 Å². The molecule has 0 unspecified atom stereocenters. The van der Waals surface area contributed by atoms with Gasteiger partial charge in [0.05, 0.1) is 6.61 Å². The van der Waals surface area contributed by atoms with E-state index in [1.165, 1.54) is 231 Å². The monoisotopic (exact) mass is 779 g/mol.